The van der Waals surface area contributed by atoms with Crippen molar-refractivity contribution in [2.24, 2.45) is 5.92 Å². The Morgan fingerprint density at radius 2 is 1.86 bits per heavy atom. The maximum atomic E-state index is 13.1. The highest BCUT2D eigenvalue weighted by molar-refractivity contribution is 5.94. The van der Waals surface area contributed by atoms with Gasteiger partial charge in [0.25, 0.3) is 5.91 Å². The second-order valence-corrected chi connectivity index (χ2v) is 7.53. The van der Waals surface area contributed by atoms with Crippen LogP contribution in [0, 0.1) is 11.7 Å². The molecule has 0 bridgehead atoms. The number of halogens is 1. The fraction of sp³-hybridized carbons (Fsp3) is 0.391. The molecule has 1 aliphatic heterocycles. The number of piperidine rings is 1. The first kappa shape index (κ1) is 20.1. The smallest absolute Gasteiger partial charge is 0.253 e. The SMILES string of the molecule is C[C@H](CCc1ccccc1)NC(=O)[C@H]1CCCN(C(=O)c2ccc(F)cc2)C1. The highest BCUT2D eigenvalue weighted by Crippen LogP contribution is 2.19. The Morgan fingerprint density at radius 1 is 1.14 bits per heavy atom. The molecule has 0 aromatic heterocycles. The van der Waals surface area contributed by atoms with Crippen molar-refractivity contribution in [3.8, 4) is 0 Å². The summed E-state index contributed by atoms with van der Waals surface area (Å²) >= 11 is 0. The van der Waals surface area contributed by atoms with Gasteiger partial charge in [-0.3, -0.25) is 9.59 Å². The van der Waals surface area contributed by atoms with Crippen molar-refractivity contribution < 1.29 is 14.0 Å². The number of nitrogens with one attached hydrogen (secondary N) is 1. The van der Waals surface area contributed by atoms with Gasteiger partial charge in [-0.05, 0) is 62.4 Å². The molecule has 28 heavy (non-hydrogen) atoms. The zero-order valence-corrected chi connectivity index (χ0v) is 16.2. The van der Waals surface area contributed by atoms with E-state index in [9.17, 15) is 14.0 Å². The Kier molecular flexibility index (Phi) is 6.80. The lowest BCUT2D eigenvalue weighted by Gasteiger charge is -2.32. The summed E-state index contributed by atoms with van der Waals surface area (Å²) in [4.78, 5) is 27.0. The molecule has 2 atom stereocenters. The summed E-state index contributed by atoms with van der Waals surface area (Å²) in [7, 11) is 0. The summed E-state index contributed by atoms with van der Waals surface area (Å²) in [5, 5.41) is 3.10. The van der Waals surface area contributed by atoms with Crippen molar-refractivity contribution in [2.45, 2.75) is 38.6 Å². The van der Waals surface area contributed by atoms with E-state index in [1.165, 1.54) is 29.8 Å². The maximum absolute atomic E-state index is 13.1. The molecule has 1 saturated heterocycles. The molecule has 2 aromatic carbocycles. The molecule has 2 amide bonds. The molecule has 0 radical (unpaired) electrons. The summed E-state index contributed by atoms with van der Waals surface area (Å²) in [6, 6.07) is 15.9. The number of amides is 2. The fourth-order valence-electron chi connectivity index (χ4n) is 3.61. The first-order valence-corrected chi connectivity index (χ1v) is 9.92. The molecule has 2 aromatic rings. The zero-order valence-electron chi connectivity index (χ0n) is 16.2. The summed E-state index contributed by atoms with van der Waals surface area (Å²) in [6.07, 6.45) is 3.37. The van der Waals surface area contributed by atoms with E-state index in [0.717, 1.165) is 25.7 Å². The first-order valence-electron chi connectivity index (χ1n) is 9.92. The standard InChI is InChI=1S/C23H27FN2O2/c1-17(9-10-18-6-3-2-4-7-18)25-22(27)20-8-5-15-26(16-20)23(28)19-11-13-21(24)14-12-19/h2-4,6-7,11-14,17,20H,5,8-10,15-16H2,1H3,(H,25,27)/t17-,20+/m1/s1. The quantitative estimate of drug-likeness (QED) is 0.826. The van der Waals surface area contributed by atoms with Crippen LogP contribution in [-0.2, 0) is 11.2 Å². The van der Waals surface area contributed by atoms with E-state index in [2.05, 4.69) is 17.4 Å². The number of carbonyl (C=O) groups is 2. The fourth-order valence-corrected chi connectivity index (χ4v) is 3.61. The van der Waals surface area contributed by atoms with Crippen LogP contribution < -0.4 is 5.32 Å². The summed E-state index contributed by atoms with van der Waals surface area (Å²) in [5.41, 5.74) is 1.72. The number of nitrogens with zero attached hydrogens (tertiary/aromatic N) is 1. The number of likely N-dealkylation sites (tertiary alicyclic amines) is 1. The molecule has 4 nitrogen and oxygen atoms in total. The summed E-state index contributed by atoms with van der Waals surface area (Å²) in [5.74, 6) is -0.693. The van der Waals surface area contributed by atoms with Crippen LogP contribution in [0.5, 0.6) is 0 Å². The molecule has 0 unspecified atom stereocenters. The lowest BCUT2D eigenvalue weighted by atomic mass is 9.95. The third kappa shape index (κ3) is 5.41. The molecular weight excluding hydrogens is 355 g/mol. The molecule has 0 saturated carbocycles. The second-order valence-electron chi connectivity index (χ2n) is 7.53. The van der Waals surface area contributed by atoms with Crippen LogP contribution in [0.3, 0.4) is 0 Å². The largest absolute Gasteiger partial charge is 0.353 e. The third-order valence-corrected chi connectivity index (χ3v) is 5.27. The minimum Gasteiger partial charge on any atom is -0.353 e. The molecule has 3 rings (SSSR count). The van der Waals surface area contributed by atoms with Gasteiger partial charge in [0.05, 0.1) is 5.92 Å². The number of benzene rings is 2. The van der Waals surface area contributed by atoms with Crippen molar-refractivity contribution in [1.29, 1.82) is 0 Å². The van der Waals surface area contributed by atoms with E-state index in [0.29, 0.717) is 18.7 Å². The second kappa shape index (κ2) is 9.49. The maximum Gasteiger partial charge on any atom is 0.253 e. The Labute approximate surface area is 165 Å². The molecule has 148 valence electrons. The van der Waals surface area contributed by atoms with Gasteiger partial charge >= 0.3 is 0 Å². The van der Waals surface area contributed by atoms with Gasteiger partial charge in [0.1, 0.15) is 5.82 Å². The molecule has 0 spiro atoms. The topological polar surface area (TPSA) is 49.4 Å². The molecule has 5 heteroatoms. The van der Waals surface area contributed by atoms with E-state index in [1.807, 2.05) is 25.1 Å². The Morgan fingerprint density at radius 3 is 2.57 bits per heavy atom. The molecule has 1 heterocycles. The van der Waals surface area contributed by atoms with E-state index >= 15 is 0 Å². The monoisotopic (exact) mass is 382 g/mol. The van der Waals surface area contributed by atoms with E-state index in [-0.39, 0.29) is 29.6 Å². The number of carbonyl (C=O) groups excluding carboxylic acids is 2. The van der Waals surface area contributed by atoms with Gasteiger partial charge in [0.2, 0.25) is 5.91 Å². The third-order valence-electron chi connectivity index (χ3n) is 5.27. The van der Waals surface area contributed by atoms with Gasteiger partial charge in [-0.1, -0.05) is 30.3 Å². The average Bonchev–Trinajstić information content (AvgIpc) is 2.73. The molecule has 1 N–H and O–H groups in total. The van der Waals surface area contributed by atoms with Crippen LogP contribution in [0.2, 0.25) is 0 Å². The Bertz CT molecular complexity index is 792. The van der Waals surface area contributed by atoms with Crippen LogP contribution in [0.4, 0.5) is 4.39 Å². The predicted octanol–water partition coefficient (Wildman–Crippen LogP) is 3.82. The van der Waals surface area contributed by atoms with E-state index < -0.39 is 0 Å². The van der Waals surface area contributed by atoms with Gasteiger partial charge in [-0.2, -0.15) is 0 Å². The first-order chi connectivity index (χ1) is 13.5. The lowest BCUT2D eigenvalue weighted by Crippen LogP contribution is -2.47. The Balaban J connectivity index is 1.50. The number of rotatable bonds is 6. The van der Waals surface area contributed by atoms with Gasteiger partial charge in [-0.15, -0.1) is 0 Å². The zero-order chi connectivity index (χ0) is 19.9. The Hall–Kier alpha value is -2.69. The normalized spacial score (nSPS) is 17.8. The molecule has 0 aliphatic carbocycles. The summed E-state index contributed by atoms with van der Waals surface area (Å²) in [6.45, 7) is 3.06. The van der Waals surface area contributed by atoms with Gasteiger partial charge in [0.15, 0.2) is 0 Å². The average molecular weight is 382 g/mol. The highest BCUT2D eigenvalue weighted by atomic mass is 19.1. The number of aryl methyl sites for hydroxylation is 1. The molecular formula is C23H27FN2O2. The lowest BCUT2D eigenvalue weighted by molar-refractivity contribution is -0.127. The van der Waals surface area contributed by atoms with Gasteiger partial charge < -0.3 is 10.2 Å². The van der Waals surface area contributed by atoms with E-state index in [4.69, 9.17) is 0 Å². The van der Waals surface area contributed by atoms with Crippen molar-refractivity contribution in [3.63, 3.8) is 0 Å². The molecule has 1 fully saturated rings. The minimum atomic E-state index is -0.364. The van der Waals surface area contributed by atoms with Crippen molar-refractivity contribution in [1.82, 2.24) is 10.2 Å². The minimum absolute atomic E-state index is 0.0113. The summed E-state index contributed by atoms with van der Waals surface area (Å²) < 4.78 is 13.1. The van der Waals surface area contributed by atoms with Crippen LogP contribution in [0.25, 0.3) is 0 Å². The van der Waals surface area contributed by atoms with Crippen LogP contribution in [0.1, 0.15) is 42.1 Å². The number of hydrogen-bond donors (Lipinski definition) is 1. The number of hydrogen-bond acceptors (Lipinski definition) is 2. The highest BCUT2D eigenvalue weighted by Gasteiger charge is 2.29. The van der Waals surface area contributed by atoms with Crippen LogP contribution in [-0.4, -0.2) is 35.8 Å². The van der Waals surface area contributed by atoms with Crippen LogP contribution in [0.15, 0.2) is 54.6 Å². The van der Waals surface area contributed by atoms with Crippen molar-refractivity contribution in [2.75, 3.05) is 13.1 Å². The van der Waals surface area contributed by atoms with Gasteiger partial charge in [-0.25, -0.2) is 4.39 Å². The predicted molar refractivity (Wildman–Crippen MR) is 107 cm³/mol. The van der Waals surface area contributed by atoms with Crippen molar-refractivity contribution >= 4 is 11.8 Å². The van der Waals surface area contributed by atoms with E-state index in [1.54, 1.807) is 4.90 Å². The van der Waals surface area contributed by atoms with Gasteiger partial charge in [0, 0.05) is 24.7 Å². The van der Waals surface area contributed by atoms with Crippen molar-refractivity contribution in [3.05, 3.63) is 71.5 Å². The van der Waals surface area contributed by atoms with Crippen LogP contribution >= 0.6 is 0 Å². The molecule has 1 aliphatic rings.